The lowest BCUT2D eigenvalue weighted by molar-refractivity contribution is 0.234. The number of halogens is 2. The highest BCUT2D eigenvalue weighted by Gasteiger charge is 2.26. The Morgan fingerprint density at radius 1 is 1.28 bits per heavy atom. The van der Waals surface area contributed by atoms with Gasteiger partial charge in [-0.3, -0.25) is 0 Å². The second-order valence-corrected chi connectivity index (χ2v) is 5.35. The summed E-state index contributed by atoms with van der Waals surface area (Å²) in [6.45, 7) is 2.35. The smallest absolute Gasteiger partial charge is 0.341 e. The van der Waals surface area contributed by atoms with Gasteiger partial charge in [0, 0.05) is 18.7 Å². The number of sulfone groups is 1. The van der Waals surface area contributed by atoms with Crippen molar-refractivity contribution in [2.24, 2.45) is 0 Å². The molecule has 0 atom stereocenters. The van der Waals surface area contributed by atoms with Crippen LogP contribution in [0.25, 0.3) is 0 Å². The lowest BCUT2D eigenvalue weighted by atomic mass is 10.3. The van der Waals surface area contributed by atoms with E-state index in [0.717, 1.165) is 12.1 Å². The van der Waals surface area contributed by atoms with Gasteiger partial charge in [-0.1, -0.05) is 0 Å². The van der Waals surface area contributed by atoms with Gasteiger partial charge >= 0.3 is 5.76 Å². The van der Waals surface area contributed by atoms with Crippen molar-refractivity contribution in [1.82, 2.24) is 0 Å². The summed E-state index contributed by atoms with van der Waals surface area (Å²) in [6, 6.07) is 5.23. The Bertz CT molecular complexity index is 542. The minimum Gasteiger partial charge on any atom is -0.384 e. The Morgan fingerprint density at radius 2 is 1.89 bits per heavy atom. The third-order valence-electron chi connectivity index (χ3n) is 2.17. The zero-order valence-electron chi connectivity index (χ0n) is 9.78. The molecule has 1 rings (SSSR count). The summed E-state index contributed by atoms with van der Waals surface area (Å²) in [5.41, 5.74) is 0.668. The van der Waals surface area contributed by atoms with E-state index in [4.69, 9.17) is 0 Å². The van der Waals surface area contributed by atoms with Gasteiger partial charge in [-0.25, -0.2) is 8.42 Å². The summed E-state index contributed by atoms with van der Waals surface area (Å²) in [5.74, 6) is 2.21. The molecule has 1 aromatic rings. The summed E-state index contributed by atoms with van der Waals surface area (Å²) in [6.07, 6.45) is 0.660. The van der Waals surface area contributed by atoms with Gasteiger partial charge in [0.15, 0.2) is 0 Å². The summed E-state index contributed by atoms with van der Waals surface area (Å²) in [7, 11) is -4.51. The number of benzene rings is 1. The first-order valence-electron chi connectivity index (χ1n) is 5.24. The van der Waals surface area contributed by atoms with Crippen molar-refractivity contribution >= 4 is 15.5 Å². The molecule has 0 unspecified atom stereocenters. The third-order valence-corrected chi connectivity index (χ3v) is 3.57. The molecule has 0 spiro atoms. The molecule has 6 heteroatoms. The van der Waals surface area contributed by atoms with Crippen LogP contribution in [-0.4, -0.2) is 20.7 Å². The van der Waals surface area contributed by atoms with Crippen LogP contribution in [-0.2, 0) is 9.84 Å². The van der Waals surface area contributed by atoms with E-state index in [-0.39, 0.29) is 4.90 Å². The molecule has 0 fully saturated rings. The molecular formula is C12H13F2NO2S. The van der Waals surface area contributed by atoms with E-state index in [1.807, 2.05) is 0 Å². The molecule has 0 amide bonds. The van der Waals surface area contributed by atoms with Crippen LogP contribution in [0.3, 0.4) is 0 Å². The molecule has 0 saturated carbocycles. The maximum absolute atomic E-state index is 12.3. The van der Waals surface area contributed by atoms with Gasteiger partial charge in [0.25, 0.3) is 0 Å². The molecule has 0 bridgehead atoms. The van der Waals surface area contributed by atoms with Crippen molar-refractivity contribution in [3.8, 4) is 11.8 Å². The number of anilines is 1. The molecule has 1 N–H and O–H groups in total. The van der Waals surface area contributed by atoms with E-state index in [1.165, 1.54) is 12.1 Å². The number of nitrogens with one attached hydrogen (secondary N) is 1. The minimum atomic E-state index is -4.51. The van der Waals surface area contributed by atoms with Gasteiger partial charge < -0.3 is 5.32 Å². The van der Waals surface area contributed by atoms with Crippen molar-refractivity contribution in [2.75, 3.05) is 11.9 Å². The summed E-state index contributed by atoms with van der Waals surface area (Å²) < 4.78 is 46.8. The maximum Gasteiger partial charge on any atom is 0.341 e. The highest BCUT2D eigenvalue weighted by molar-refractivity contribution is 7.91. The standard InChI is InChI=1S/C12H13F2NO2S/c1-2-3-4-9-15-10-5-7-11(8-6-10)18(16,17)12(13)14/h5-8,12,15H,4,9H2,1H3. The fraction of sp³-hybridized carbons (Fsp3) is 0.333. The summed E-state index contributed by atoms with van der Waals surface area (Å²) in [5, 5.41) is 3.00. The molecule has 18 heavy (non-hydrogen) atoms. The predicted octanol–water partition coefficient (Wildman–Crippen LogP) is 2.51. The zero-order chi connectivity index (χ0) is 13.6. The van der Waals surface area contributed by atoms with Crippen LogP contribution in [0.2, 0.25) is 0 Å². The first-order chi connectivity index (χ1) is 8.48. The van der Waals surface area contributed by atoms with Crippen LogP contribution < -0.4 is 5.32 Å². The van der Waals surface area contributed by atoms with E-state index in [2.05, 4.69) is 17.2 Å². The van der Waals surface area contributed by atoms with Crippen LogP contribution in [0.1, 0.15) is 13.3 Å². The number of hydrogen-bond donors (Lipinski definition) is 1. The SMILES string of the molecule is CC#CCCNc1ccc(S(=O)(=O)C(F)F)cc1. The Labute approximate surface area is 105 Å². The molecule has 0 aliphatic carbocycles. The van der Waals surface area contributed by atoms with Crippen molar-refractivity contribution in [3.63, 3.8) is 0 Å². The average molecular weight is 273 g/mol. The van der Waals surface area contributed by atoms with Gasteiger partial charge in [-0.15, -0.1) is 11.8 Å². The van der Waals surface area contributed by atoms with Gasteiger partial charge in [-0.2, -0.15) is 8.78 Å². The molecule has 98 valence electrons. The number of hydrogen-bond acceptors (Lipinski definition) is 3. The predicted molar refractivity (Wildman–Crippen MR) is 66.2 cm³/mol. The molecule has 0 aliphatic rings. The third kappa shape index (κ3) is 3.70. The van der Waals surface area contributed by atoms with Crippen molar-refractivity contribution in [3.05, 3.63) is 24.3 Å². The van der Waals surface area contributed by atoms with Crippen molar-refractivity contribution in [1.29, 1.82) is 0 Å². The van der Waals surface area contributed by atoms with E-state index >= 15 is 0 Å². The Kier molecular flexibility index (Phi) is 5.10. The van der Waals surface area contributed by atoms with E-state index in [9.17, 15) is 17.2 Å². The monoisotopic (exact) mass is 273 g/mol. The maximum atomic E-state index is 12.3. The Balaban J connectivity index is 2.71. The molecule has 0 heterocycles. The van der Waals surface area contributed by atoms with Crippen molar-refractivity contribution < 1.29 is 17.2 Å². The van der Waals surface area contributed by atoms with E-state index in [0.29, 0.717) is 18.7 Å². The first kappa shape index (κ1) is 14.5. The van der Waals surface area contributed by atoms with Gasteiger partial charge in [0.05, 0.1) is 4.90 Å². The molecular weight excluding hydrogens is 260 g/mol. The fourth-order valence-electron chi connectivity index (χ4n) is 1.26. The molecule has 1 aromatic carbocycles. The van der Waals surface area contributed by atoms with Crippen LogP contribution in [0.4, 0.5) is 14.5 Å². The lowest BCUT2D eigenvalue weighted by Crippen LogP contribution is -2.11. The molecule has 0 aromatic heterocycles. The molecule has 0 radical (unpaired) electrons. The van der Waals surface area contributed by atoms with Crippen LogP contribution in [0.5, 0.6) is 0 Å². The lowest BCUT2D eigenvalue weighted by Gasteiger charge is -2.06. The number of alkyl halides is 2. The zero-order valence-corrected chi connectivity index (χ0v) is 10.6. The van der Waals surface area contributed by atoms with E-state index < -0.39 is 15.6 Å². The Morgan fingerprint density at radius 3 is 2.39 bits per heavy atom. The second-order valence-electron chi connectivity index (χ2n) is 3.43. The number of rotatable bonds is 5. The summed E-state index contributed by atoms with van der Waals surface area (Å²) in [4.78, 5) is -0.378. The average Bonchev–Trinajstić information content (AvgIpc) is 2.35. The quantitative estimate of drug-likeness (QED) is 0.662. The van der Waals surface area contributed by atoms with E-state index in [1.54, 1.807) is 6.92 Å². The normalized spacial score (nSPS) is 10.9. The van der Waals surface area contributed by atoms with Gasteiger partial charge in [0.2, 0.25) is 9.84 Å². The van der Waals surface area contributed by atoms with Gasteiger partial charge in [0.1, 0.15) is 0 Å². The highest BCUT2D eigenvalue weighted by atomic mass is 32.2. The summed E-state index contributed by atoms with van der Waals surface area (Å²) >= 11 is 0. The molecule has 0 aliphatic heterocycles. The van der Waals surface area contributed by atoms with Crippen LogP contribution in [0.15, 0.2) is 29.2 Å². The van der Waals surface area contributed by atoms with Gasteiger partial charge in [-0.05, 0) is 31.2 Å². The molecule has 3 nitrogen and oxygen atoms in total. The van der Waals surface area contributed by atoms with Crippen LogP contribution >= 0.6 is 0 Å². The fourth-order valence-corrected chi connectivity index (χ4v) is 1.98. The Hall–Kier alpha value is -1.61. The topological polar surface area (TPSA) is 46.2 Å². The minimum absolute atomic E-state index is 0.378. The van der Waals surface area contributed by atoms with Crippen LogP contribution in [0, 0.1) is 11.8 Å². The molecule has 0 saturated heterocycles. The first-order valence-corrected chi connectivity index (χ1v) is 6.78. The second kappa shape index (κ2) is 6.36. The largest absolute Gasteiger partial charge is 0.384 e. The highest BCUT2D eigenvalue weighted by Crippen LogP contribution is 2.20. The van der Waals surface area contributed by atoms with Crippen molar-refractivity contribution in [2.45, 2.75) is 24.0 Å².